The molecule has 0 saturated heterocycles. The maximum atomic E-state index is 13.1. The number of phenols is 1. The molecule has 17 heavy (non-hydrogen) atoms. The van der Waals surface area contributed by atoms with Gasteiger partial charge in [-0.2, -0.15) is 0 Å². The summed E-state index contributed by atoms with van der Waals surface area (Å²) in [5, 5.41) is 9.65. The van der Waals surface area contributed by atoms with Crippen LogP contribution in [-0.4, -0.2) is 14.7 Å². The summed E-state index contributed by atoms with van der Waals surface area (Å²) in [6.45, 7) is 2.97. The summed E-state index contributed by atoms with van der Waals surface area (Å²) >= 11 is 0. The van der Waals surface area contributed by atoms with Crippen molar-refractivity contribution in [2.24, 2.45) is 0 Å². The van der Waals surface area contributed by atoms with Crippen LogP contribution in [-0.2, 0) is 13.0 Å². The van der Waals surface area contributed by atoms with E-state index in [4.69, 9.17) is 0 Å². The third-order valence-electron chi connectivity index (χ3n) is 2.66. The van der Waals surface area contributed by atoms with Gasteiger partial charge in [0.1, 0.15) is 17.4 Å². The molecule has 0 spiro atoms. The van der Waals surface area contributed by atoms with Crippen LogP contribution in [0.3, 0.4) is 0 Å². The average Bonchev–Trinajstić information content (AvgIpc) is 2.72. The number of aromatic nitrogens is 2. The Morgan fingerprint density at radius 2 is 2.24 bits per heavy atom. The molecule has 0 unspecified atom stereocenters. The molecule has 0 aliphatic heterocycles. The molecule has 0 aliphatic rings. The minimum absolute atomic E-state index is 0.109. The van der Waals surface area contributed by atoms with Crippen molar-refractivity contribution in [1.82, 2.24) is 9.55 Å². The lowest BCUT2D eigenvalue weighted by molar-refractivity contribution is 0.465. The van der Waals surface area contributed by atoms with Gasteiger partial charge in [0, 0.05) is 30.9 Å². The Labute approximate surface area is 99.5 Å². The van der Waals surface area contributed by atoms with Crippen LogP contribution in [0.25, 0.3) is 0 Å². The number of halogens is 1. The summed E-state index contributed by atoms with van der Waals surface area (Å²) in [4.78, 5) is 4.23. The molecule has 90 valence electrons. The van der Waals surface area contributed by atoms with Gasteiger partial charge in [0.25, 0.3) is 0 Å². The van der Waals surface area contributed by atoms with Crippen molar-refractivity contribution >= 4 is 0 Å². The summed E-state index contributed by atoms with van der Waals surface area (Å²) in [5.74, 6) is 0.608. The highest BCUT2D eigenvalue weighted by Gasteiger charge is 2.08. The van der Waals surface area contributed by atoms with Crippen LogP contribution in [0.15, 0.2) is 30.6 Å². The van der Waals surface area contributed by atoms with Gasteiger partial charge >= 0.3 is 0 Å². The molecule has 0 radical (unpaired) electrons. The SMILES string of the molecule is CCCn1ccnc1Cc1cc(F)ccc1O. The summed E-state index contributed by atoms with van der Waals surface area (Å²) in [5.41, 5.74) is 0.563. The molecule has 3 nitrogen and oxygen atoms in total. The predicted octanol–water partition coefficient (Wildman–Crippen LogP) is 2.73. The first-order valence-corrected chi connectivity index (χ1v) is 5.68. The molecule has 2 aromatic rings. The van der Waals surface area contributed by atoms with Crippen molar-refractivity contribution in [1.29, 1.82) is 0 Å². The van der Waals surface area contributed by atoms with E-state index >= 15 is 0 Å². The van der Waals surface area contributed by atoms with Gasteiger partial charge in [-0.1, -0.05) is 6.92 Å². The van der Waals surface area contributed by atoms with Gasteiger partial charge in [0.15, 0.2) is 0 Å². The number of aromatic hydroxyl groups is 1. The Morgan fingerprint density at radius 3 is 3.00 bits per heavy atom. The molecule has 4 heteroatoms. The number of hydrogen-bond acceptors (Lipinski definition) is 2. The summed E-state index contributed by atoms with van der Waals surface area (Å²) in [6, 6.07) is 3.97. The minimum Gasteiger partial charge on any atom is -0.508 e. The summed E-state index contributed by atoms with van der Waals surface area (Å²) < 4.78 is 15.1. The first kappa shape index (κ1) is 11.6. The fraction of sp³-hybridized carbons (Fsp3) is 0.308. The second-order valence-electron chi connectivity index (χ2n) is 3.99. The van der Waals surface area contributed by atoms with Crippen LogP contribution in [0.4, 0.5) is 4.39 Å². The number of nitrogens with zero attached hydrogens (tertiary/aromatic N) is 2. The number of rotatable bonds is 4. The number of phenolic OH excluding ortho intramolecular Hbond substituents is 1. The highest BCUT2D eigenvalue weighted by molar-refractivity contribution is 5.34. The van der Waals surface area contributed by atoms with E-state index in [2.05, 4.69) is 11.9 Å². The Bertz CT molecular complexity index is 508. The van der Waals surface area contributed by atoms with Crippen LogP contribution in [0.1, 0.15) is 24.7 Å². The molecular formula is C13H15FN2O. The maximum Gasteiger partial charge on any atom is 0.123 e. The number of benzene rings is 1. The van der Waals surface area contributed by atoms with E-state index in [-0.39, 0.29) is 11.6 Å². The van der Waals surface area contributed by atoms with Crippen molar-refractivity contribution in [2.75, 3.05) is 0 Å². The third-order valence-corrected chi connectivity index (χ3v) is 2.66. The topological polar surface area (TPSA) is 38.0 Å². The van der Waals surface area contributed by atoms with Gasteiger partial charge in [-0.3, -0.25) is 0 Å². The molecule has 0 amide bonds. The first-order chi connectivity index (χ1) is 8.20. The van der Waals surface area contributed by atoms with Crippen molar-refractivity contribution in [3.8, 4) is 5.75 Å². The fourth-order valence-corrected chi connectivity index (χ4v) is 1.82. The number of imidazole rings is 1. The van der Waals surface area contributed by atoms with E-state index in [1.807, 2.05) is 10.8 Å². The van der Waals surface area contributed by atoms with Gasteiger partial charge in [0.05, 0.1) is 0 Å². The van der Waals surface area contributed by atoms with Crippen LogP contribution >= 0.6 is 0 Å². The highest BCUT2D eigenvalue weighted by Crippen LogP contribution is 2.20. The zero-order chi connectivity index (χ0) is 12.3. The van der Waals surface area contributed by atoms with Crippen molar-refractivity contribution < 1.29 is 9.50 Å². The fourth-order valence-electron chi connectivity index (χ4n) is 1.82. The first-order valence-electron chi connectivity index (χ1n) is 5.68. The van der Waals surface area contributed by atoms with Crippen LogP contribution in [0.5, 0.6) is 5.75 Å². The third kappa shape index (κ3) is 2.64. The molecular weight excluding hydrogens is 219 g/mol. The van der Waals surface area contributed by atoms with Gasteiger partial charge in [-0.15, -0.1) is 0 Å². The number of aryl methyl sites for hydroxylation is 1. The number of hydrogen-bond donors (Lipinski definition) is 1. The molecule has 0 fully saturated rings. The quantitative estimate of drug-likeness (QED) is 0.883. The van der Waals surface area contributed by atoms with Crippen molar-refractivity contribution in [3.63, 3.8) is 0 Å². The molecule has 0 aliphatic carbocycles. The molecule has 1 aromatic carbocycles. The molecule has 1 aromatic heterocycles. The smallest absolute Gasteiger partial charge is 0.123 e. The minimum atomic E-state index is -0.341. The monoisotopic (exact) mass is 234 g/mol. The Morgan fingerprint density at radius 1 is 1.41 bits per heavy atom. The highest BCUT2D eigenvalue weighted by atomic mass is 19.1. The van der Waals surface area contributed by atoms with Gasteiger partial charge in [0.2, 0.25) is 0 Å². The van der Waals surface area contributed by atoms with Gasteiger partial charge < -0.3 is 9.67 Å². The van der Waals surface area contributed by atoms with Crippen molar-refractivity contribution in [3.05, 3.63) is 47.8 Å². The van der Waals surface area contributed by atoms with E-state index in [1.54, 1.807) is 6.20 Å². The van der Waals surface area contributed by atoms with Crippen LogP contribution in [0, 0.1) is 5.82 Å². The van der Waals surface area contributed by atoms with E-state index in [0.29, 0.717) is 12.0 Å². The lowest BCUT2D eigenvalue weighted by Gasteiger charge is -2.07. The largest absolute Gasteiger partial charge is 0.508 e. The van der Waals surface area contributed by atoms with Crippen LogP contribution in [0.2, 0.25) is 0 Å². The normalized spacial score (nSPS) is 10.7. The van der Waals surface area contributed by atoms with Gasteiger partial charge in [-0.05, 0) is 24.6 Å². The van der Waals surface area contributed by atoms with E-state index in [9.17, 15) is 9.50 Å². The predicted molar refractivity (Wildman–Crippen MR) is 63.4 cm³/mol. The maximum absolute atomic E-state index is 13.1. The summed E-state index contributed by atoms with van der Waals surface area (Å²) in [6.07, 6.45) is 5.08. The van der Waals surface area contributed by atoms with Crippen LogP contribution < -0.4 is 0 Å². The van der Waals surface area contributed by atoms with E-state index < -0.39 is 0 Å². The zero-order valence-corrected chi connectivity index (χ0v) is 9.73. The van der Waals surface area contributed by atoms with Crippen molar-refractivity contribution in [2.45, 2.75) is 26.3 Å². The lowest BCUT2D eigenvalue weighted by atomic mass is 10.1. The molecule has 0 atom stereocenters. The molecule has 1 N–H and O–H groups in total. The van der Waals surface area contributed by atoms with E-state index in [1.165, 1.54) is 18.2 Å². The lowest BCUT2D eigenvalue weighted by Crippen LogP contribution is -2.03. The average molecular weight is 234 g/mol. The van der Waals surface area contributed by atoms with Gasteiger partial charge in [-0.25, -0.2) is 9.37 Å². The molecule has 2 rings (SSSR count). The molecule has 0 bridgehead atoms. The Balaban J connectivity index is 2.25. The second kappa shape index (κ2) is 4.99. The second-order valence-corrected chi connectivity index (χ2v) is 3.99. The molecule has 0 saturated carbocycles. The Kier molecular flexibility index (Phi) is 3.42. The molecule has 1 heterocycles. The Hall–Kier alpha value is -1.84. The summed E-state index contributed by atoms with van der Waals surface area (Å²) in [7, 11) is 0. The van der Waals surface area contributed by atoms with E-state index in [0.717, 1.165) is 18.8 Å². The zero-order valence-electron chi connectivity index (χ0n) is 9.73. The standard InChI is InChI=1S/C13H15FN2O/c1-2-6-16-7-5-15-13(16)9-10-8-11(14)3-4-12(10)17/h3-5,7-8,17H,2,6,9H2,1H3.